The Balaban J connectivity index is 3.32. The van der Waals surface area contributed by atoms with E-state index in [0.717, 1.165) is 11.1 Å². The number of hydrogen-bond acceptors (Lipinski definition) is 4. The number of rotatable bonds is 4. The van der Waals surface area contributed by atoms with Gasteiger partial charge in [-0.05, 0) is 31.5 Å². The molecule has 0 saturated heterocycles. The van der Waals surface area contributed by atoms with E-state index in [0.29, 0.717) is 11.5 Å². The first-order valence-electron chi connectivity index (χ1n) is 5.09. The molecule has 0 radical (unpaired) electrons. The average molecular weight is 225 g/mol. The molecule has 0 aromatic heterocycles. The minimum Gasteiger partial charge on any atom is -0.496 e. The fourth-order valence-electron chi connectivity index (χ4n) is 1.51. The van der Waals surface area contributed by atoms with Gasteiger partial charge in [0, 0.05) is 5.56 Å². The van der Waals surface area contributed by atoms with Crippen LogP contribution >= 0.6 is 0 Å². The number of aliphatic hydroxyl groups is 1. The maximum atomic E-state index is 9.24. The summed E-state index contributed by atoms with van der Waals surface area (Å²) in [6, 6.07) is 3.65. The number of methoxy groups -OCH3 is 2. The lowest BCUT2D eigenvalue weighted by Crippen LogP contribution is -2.37. The highest BCUT2D eigenvalue weighted by molar-refractivity contribution is 5.49. The fraction of sp³-hybridized carbons (Fsp3) is 0.500. The van der Waals surface area contributed by atoms with Crippen LogP contribution in [-0.4, -0.2) is 25.9 Å². The molecule has 0 heterocycles. The highest BCUT2D eigenvalue weighted by atomic mass is 16.5. The molecule has 0 aliphatic heterocycles. The van der Waals surface area contributed by atoms with E-state index in [4.69, 9.17) is 15.2 Å². The number of nitrogens with two attached hydrogens (primary N) is 1. The number of aliphatic hydroxyl groups excluding tert-OH is 1. The molecule has 4 nitrogen and oxygen atoms in total. The molecular formula is C12H19NO3. The highest BCUT2D eigenvalue weighted by Gasteiger charge is 2.22. The van der Waals surface area contributed by atoms with Crippen LogP contribution in [0.3, 0.4) is 0 Å². The molecule has 1 atom stereocenters. The minimum atomic E-state index is -0.797. The maximum Gasteiger partial charge on any atom is 0.125 e. The van der Waals surface area contributed by atoms with Gasteiger partial charge in [-0.3, -0.25) is 0 Å². The molecule has 1 aromatic carbocycles. The van der Waals surface area contributed by atoms with Crippen LogP contribution in [0.5, 0.6) is 11.5 Å². The summed E-state index contributed by atoms with van der Waals surface area (Å²) in [4.78, 5) is 0. The molecule has 16 heavy (non-hydrogen) atoms. The van der Waals surface area contributed by atoms with E-state index in [1.807, 2.05) is 19.1 Å². The third-order valence-corrected chi connectivity index (χ3v) is 2.74. The minimum absolute atomic E-state index is 0.137. The third-order valence-electron chi connectivity index (χ3n) is 2.74. The average Bonchev–Trinajstić information content (AvgIpc) is 2.29. The molecule has 1 unspecified atom stereocenters. The Morgan fingerprint density at radius 2 is 1.69 bits per heavy atom. The molecule has 0 amide bonds. The first kappa shape index (κ1) is 12.8. The van der Waals surface area contributed by atoms with Gasteiger partial charge >= 0.3 is 0 Å². The van der Waals surface area contributed by atoms with Gasteiger partial charge in [0.15, 0.2) is 0 Å². The van der Waals surface area contributed by atoms with Crippen molar-refractivity contribution in [3.8, 4) is 11.5 Å². The van der Waals surface area contributed by atoms with Gasteiger partial charge in [-0.15, -0.1) is 0 Å². The van der Waals surface area contributed by atoms with Crippen molar-refractivity contribution < 1.29 is 14.6 Å². The standard InChI is InChI=1S/C12H19NO3/c1-8-10(15-3)5-9(6-11(8)16-4)12(2,13)7-14/h5-6,14H,7,13H2,1-4H3. The lowest BCUT2D eigenvalue weighted by atomic mass is 9.92. The van der Waals surface area contributed by atoms with Gasteiger partial charge in [-0.2, -0.15) is 0 Å². The third kappa shape index (κ3) is 2.28. The summed E-state index contributed by atoms with van der Waals surface area (Å²) in [7, 11) is 3.19. The lowest BCUT2D eigenvalue weighted by Gasteiger charge is -2.24. The van der Waals surface area contributed by atoms with Gasteiger partial charge < -0.3 is 20.3 Å². The lowest BCUT2D eigenvalue weighted by molar-refractivity contribution is 0.209. The van der Waals surface area contributed by atoms with E-state index in [1.165, 1.54) is 0 Å². The van der Waals surface area contributed by atoms with E-state index < -0.39 is 5.54 Å². The number of benzene rings is 1. The molecule has 0 fully saturated rings. The van der Waals surface area contributed by atoms with Crippen LogP contribution in [0.25, 0.3) is 0 Å². The summed E-state index contributed by atoms with van der Waals surface area (Å²) >= 11 is 0. The van der Waals surface area contributed by atoms with Crippen molar-refractivity contribution in [3.63, 3.8) is 0 Å². The van der Waals surface area contributed by atoms with Gasteiger partial charge in [-0.1, -0.05) is 0 Å². The van der Waals surface area contributed by atoms with Crippen molar-refractivity contribution in [1.82, 2.24) is 0 Å². The smallest absolute Gasteiger partial charge is 0.125 e. The number of ether oxygens (including phenoxy) is 2. The Hall–Kier alpha value is -1.26. The molecule has 1 rings (SSSR count). The van der Waals surface area contributed by atoms with Gasteiger partial charge in [0.25, 0.3) is 0 Å². The van der Waals surface area contributed by atoms with E-state index in [2.05, 4.69) is 0 Å². The molecule has 1 aromatic rings. The van der Waals surface area contributed by atoms with Crippen LogP contribution in [0.1, 0.15) is 18.1 Å². The quantitative estimate of drug-likeness (QED) is 0.807. The van der Waals surface area contributed by atoms with Crippen molar-refractivity contribution >= 4 is 0 Å². The van der Waals surface area contributed by atoms with Crippen molar-refractivity contribution in [1.29, 1.82) is 0 Å². The Morgan fingerprint density at radius 1 is 1.25 bits per heavy atom. The van der Waals surface area contributed by atoms with Gasteiger partial charge in [0.1, 0.15) is 11.5 Å². The SMILES string of the molecule is COc1cc(C(C)(N)CO)cc(OC)c1C. The first-order chi connectivity index (χ1) is 7.46. The zero-order chi connectivity index (χ0) is 12.3. The van der Waals surface area contributed by atoms with Crippen molar-refractivity contribution in [3.05, 3.63) is 23.3 Å². The van der Waals surface area contributed by atoms with Gasteiger partial charge in [-0.25, -0.2) is 0 Å². The number of hydrogen-bond donors (Lipinski definition) is 2. The summed E-state index contributed by atoms with van der Waals surface area (Å²) < 4.78 is 10.5. The van der Waals surface area contributed by atoms with E-state index in [-0.39, 0.29) is 6.61 Å². The topological polar surface area (TPSA) is 64.7 Å². The van der Waals surface area contributed by atoms with Crippen LogP contribution in [-0.2, 0) is 5.54 Å². The molecule has 3 N–H and O–H groups in total. The second-order valence-electron chi connectivity index (χ2n) is 4.08. The summed E-state index contributed by atoms with van der Waals surface area (Å²) in [6.45, 7) is 3.53. The first-order valence-corrected chi connectivity index (χ1v) is 5.09. The normalized spacial score (nSPS) is 14.4. The molecule has 0 aliphatic rings. The molecule has 0 bridgehead atoms. The zero-order valence-electron chi connectivity index (χ0n) is 10.2. The maximum absolute atomic E-state index is 9.24. The molecule has 90 valence electrons. The Morgan fingerprint density at radius 3 is 2.00 bits per heavy atom. The van der Waals surface area contributed by atoms with Crippen LogP contribution in [0.2, 0.25) is 0 Å². The summed E-state index contributed by atoms with van der Waals surface area (Å²) in [6.07, 6.45) is 0. The second-order valence-corrected chi connectivity index (χ2v) is 4.08. The zero-order valence-corrected chi connectivity index (χ0v) is 10.2. The van der Waals surface area contributed by atoms with Crippen LogP contribution < -0.4 is 15.2 Å². The molecule has 4 heteroatoms. The Labute approximate surface area is 96.0 Å². The second kappa shape index (κ2) is 4.72. The van der Waals surface area contributed by atoms with Crippen LogP contribution in [0.15, 0.2) is 12.1 Å². The Kier molecular flexibility index (Phi) is 3.78. The van der Waals surface area contributed by atoms with E-state index in [9.17, 15) is 5.11 Å². The van der Waals surface area contributed by atoms with Crippen LogP contribution in [0.4, 0.5) is 0 Å². The summed E-state index contributed by atoms with van der Waals surface area (Å²) in [5, 5.41) is 9.24. The molecule has 0 aliphatic carbocycles. The van der Waals surface area contributed by atoms with Crippen LogP contribution in [0, 0.1) is 6.92 Å². The van der Waals surface area contributed by atoms with Gasteiger partial charge in [0.2, 0.25) is 0 Å². The highest BCUT2D eigenvalue weighted by Crippen LogP contribution is 2.32. The Bertz CT molecular complexity index is 350. The predicted molar refractivity (Wildman–Crippen MR) is 62.9 cm³/mol. The van der Waals surface area contributed by atoms with Crippen molar-refractivity contribution in [2.24, 2.45) is 5.73 Å². The molecule has 0 spiro atoms. The monoisotopic (exact) mass is 225 g/mol. The van der Waals surface area contributed by atoms with Gasteiger partial charge in [0.05, 0.1) is 26.4 Å². The summed E-state index contributed by atoms with van der Waals surface area (Å²) in [5.74, 6) is 1.42. The van der Waals surface area contributed by atoms with E-state index >= 15 is 0 Å². The largest absolute Gasteiger partial charge is 0.496 e. The van der Waals surface area contributed by atoms with Crippen molar-refractivity contribution in [2.75, 3.05) is 20.8 Å². The predicted octanol–water partition coefficient (Wildman–Crippen LogP) is 1.18. The van der Waals surface area contributed by atoms with Crippen molar-refractivity contribution in [2.45, 2.75) is 19.4 Å². The van der Waals surface area contributed by atoms with E-state index in [1.54, 1.807) is 21.1 Å². The molecular weight excluding hydrogens is 206 g/mol. The fourth-order valence-corrected chi connectivity index (χ4v) is 1.51. The molecule has 0 saturated carbocycles. The summed E-state index contributed by atoms with van der Waals surface area (Å²) in [5.41, 5.74) is 6.88.